The highest BCUT2D eigenvalue weighted by Gasteiger charge is 2.24. The molecule has 0 unspecified atom stereocenters. The van der Waals surface area contributed by atoms with Crippen LogP contribution in [0.15, 0.2) is 17.6 Å². The number of aromatic nitrogens is 1. The summed E-state index contributed by atoms with van der Waals surface area (Å²) in [6.45, 7) is 5.95. The molecule has 18 heavy (non-hydrogen) atoms. The van der Waals surface area contributed by atoms with Crippen LogP contribution in [-0.2, 0) is 4.74 Å². The maximum absolute atomic E-state index is 6.25. The summed E-state index contributed by atoms with van der Waals surface area (Å²) in [4.78, 5) is 6.65. The first-order valence-corrected chi connectivity index (χ1v) is 7.05. The number of nitrogens with two attached hydrogens (primary N) is 1. The quantitative estimate of drug-likeness (QED) is 0.803. The number of nitrogens with zero attached hydrogens (tertiary/aromatic N) is 2. The average molecular weight is 263 g/mol. The van der Waals surface area contributed by atoms with Crippen molar-refractivity contribution in [1.29, 1.82) is 0 Å². The van der Waals surface area contributed by atoms with Crippen LogP contribution in [0.1, 0.15) is 13.8 Å². The molecule has 1 aliphatic rings. The third kappa shape index (κ3) is 1.93. The van der Waals surface area contributed by atoms with Crippen LogP contribution in [0.25, 0.3) is 10.2 Å². The molecule has 1 saturated heterocycles. The molecule has 2 N–H and O–H groups in total. The molecule has 0 aliphatic carbocycles. The van der Waals surface area contributed by atoms with Gasteiger partial charge in [0.1, 0.15) is 5.52 Å². The zero-order valence-electron chi connectivity index (χ0n) is 10.6. The van der Waals surface area contributed by atoms with Crippen molar-refractivity contribution in [2.45, 2.75) is 26.1 Å². The van der Waals surface area contributed by atoms with E-state index in [1.54, 1.807) is 11.3 Å². The minimum Gasteiger partial charge on any atom is -0.395 e. The van der Waals surface area contributed by atoms with Crippen molar-refractivity contribution in [3.05, 3.63) is 17.6 Å². The second-order valence-corrected chi connectivity index (χ2v) is 5.75. The van der Waals surface area contributed by atoms with Crippen LogP contribution in [0.2, 0.25) is 0 Å². The van der Waals surface area contributed by atoms with E-state index in [9.17, 15) is 0 Å². The van der Waals surface area contributed by atoms with Gasteiger partial charge in [-0.1, -0.05) is 0 Å². The van der Waals surface area contributed by atoms with Gasteiger partial charge in [0.25, 0.3) is 0 Å². The molecule has 3 rings (SSSR count). The summed E-state index contributed by atoms with van der Waals surface area (Å²) in [7, 11) is 0. The molecular formula is C13H17N3OS. The van der Waals surface area contributed by atoms with Gasteiger partial charge in [0.2, 0.25) is 0 Å². The fourth-order valence-corrected chi connectivity index (χ4v) is 3.28. The summed E-state index contributed by atoms with van der Waals surface area (Å²) in [6, 6.07) is 4.20. The SMILES string of the molecule is C[C@@H]1CN(c2ccc3scnc3c2N)C[C@H](C)O1. The fourth-order valence-electron chi connectivity index (χ4n) is 2.59. The number of nitrogen functional groups attached to an aromatic ring is 1. The van der Waals surface area contributed by atoms with E-state index in [0.717, 1.165) is 34.7 Å². The van der Waals surface area contributed by atoms with Crippen molar-refractivity contribution >= 4 is 32.9 Å². The highest BCUT2D eigenvalue weighted by molar-refractivity contribution is 7.16. The number of fused-ring (bicyclic) bond motifs is 1. The maximum atomic E-state index is 6.25. The third-order valence-corrected chi connectivity index (χ3v) is 4.07. The van der Waals surface area contributed by atoms with Gasteiger partial charge >= 0.3 is 0 Å². The Morgan fingerprint density at radius 3 is 2.78 bits per heavy atom. The molecule has 2 heterocycles. The number of ether oxygens (including phenoxy) is 1. The second kappa shape index (κ2) is 4.40. The van der Waals surface area contributed by atoms with Crippen molar-refractivity contribution in [1.82, 2.24) is 4.98 Å². The first kappa shape index (κ1) is 11.7. The molecule has 96 valence electrons. The van der Waals surface area contributed by atoms with Crippen molar-refractivity contribution in [3.8, 4) is 0 Å². The van der Waals surface area contributed by atoms with E-state index in [2.05, 4.69) is 35.9 Å². The lowest BCUT2D eigenvalue weighted by Gasteiger charge is -2.37. The summed E-state index contributed by atoms with van der Waals surface area (Å²) < 4.78 is 6.90. The van der Waals surface area contributed by atoms with Gasteiger partial charge in [-0.15, -0.1) is 11.3 Å². The molecular weight excluding hydrogens is 246 g/mol. The van der Waals surface area contributed by atoms with Crippen LogP contribution in [-0.4, -0.2) is 30.3 Å². The van der Waals surface area contributed by atoms with Gasteiger partial charge in [0.15, 0.2) is 0 Å². The Labute approximate surface area is 110 Å². The molecule has 1 aromatic heterocycles. The third-order valence-electron chi connectivity index (χ3n) is 3.28. The predicted molar refractivity (Wildman–Crippen MR) is 76.3 cm³/mol. The second-order valence-electron chi connectivity index (χ2n) is 4.86. The van der Waals surface area contributed by atoms with Gasteiger partial charge in [-0.2, -0.15) is 0 Å². The first-order chi connectivity index (χ1) is 8.65. The Balaban J connectivity index is 2.00. The molecule has 1 fully saturated rings. The summed E-state index contributed by atoms with van der Waals surface area (Å²) in [5.41, 5.74) is 10.9. The Hall–Kier alpha value is -1.33. The molecule has 5 heteroatoms. The molecule has 0 spiro atoms. The largest absolute Gasteiger partial charge is 0.395 e. The monoisotopic (exact) mass is 263 g/mol. The lowest BCUT2D eigenvalue weighted by atomic mass is 10.1. The van der Waals surface area contributed by atoms with Crippen LogP contribution in [0.5, 0.6) is 0 Å². The first-order valence-electron chi connectivity index (χ1n) is 6.17. The number of rotatable bonds is 1. The van der Waals surface area contributed by atoms with Crippen molar-refractivity contribution in [2.24, 2.45) is 0 Å². The van der Waals surface area contributed by atoms with Crippen LogP contribution < -0.4 is 10.6 Å². The zero-order valence-corrected chi connectivity index (χ0v) is 11.4. The van der Waals surface area contributed by atoms with E-state index in [-0.39, 0.29) is 12.2 Å². The molecule has 2 atom stereocenters. The molecule has 2 aromatic rings. The summed E-state index contributed by atoms with van der Waals surface area (Å²) in [5, 5.41) is 0. The van der Waals surface area contributed by atoms with E-state index in [0.29, 0.717) is 0 Å². The molecule has 0 radical (unpaired) electrons. The number of thiazole rings is 1. The Morgan fingerprint density at radius 1 is 1.33 bits per heavy atom. The predicted octanol–water partition coefficient (Wildman–Crippen LogP) is 2.49. The minimum atomic E-state index is 0.235. The van der Waals surface area contributed by atoms with E-state index < -0.39 is 0 Å². The average Bonchev–Trinajstić information content (AvgIpc) is 2.77. The number of hydrogen-bond acceptors (Lipinski definition) is 5. The van der Waals surface area contributed by atoms with Gasteiger partial charge in [0.05, 0.1) is 33.8 Å². The summed E-state index contributed by atoms with van der Waals surface area (Å²) >= 11 is 1.62. The van der Waals surface area contributed by atoms with Crippen molar-refractivity contribution in [2.75, 3.05) is 23.7 Å². The molecule has 0 bridgehead atoms. The highest BCUT2D eigenvalue weighted by Crippen LogP contribution is 2.33. The highest BCUT2D eigenvalue weighted by atomic mass is 32.1. The van der Waals surface area contributed by atoms with Crippen molar-refractivity contribution < 1.29 is 4.74 Å². The molecule has 0 amide bonds. The number of morpholine rings is 1. The number of benzene rings is 1. The topological polar surface area (TPSA) is 51.4 Å². The lowest BCUT2D eigenvalue weighted by molar-refractivity contribution is -0.00516. The van der Waals surface area contributed by atoms with Crippen molar-refractivity contribution in [3.63, 3.8) is 0 Å². The van der Waals surface area contributed by atoms with Gasteiger partial charge in [-0.25, -0.2) is 4.98 Å². The Morgan fingerprint density at radius 2 is 2.06 bits per heavy atom. The lowest BCUT2D eigenvalue weighted by Crippen LogP contribution is -2.45. The standard InChI is InChI=1S/C13H17N3OS/c1-8-5-16(6-9(2)17-8)10-3-4-11-13(12(10)14)15-7-18-11/h3-4,7-9H,5-6,14H2,1-2H3/t8-,9+. The minimum absolute atomic E-state index is 0.235. The normalized spacial score (nSPS) is 24.7. The van der Waals surface area contributed by atoms with Gasteiger partial charge in [-0.05, 0) is 26.0 Å². The van der Waals surface area contributed by atoms with Gasteiger partial charge in [-0.3, -0.25) is 0 Å². The molecule has 4 nitrogen and oxygen atoms in total. The number of hydrogen-bond donors (Lipinski definition) is 1. The van der Waals surface area contributed by atoms with E-state index in [1.807, 2.05) is 5.51 Å². The molecule has 1 aliphatic heterocycles. The van der Waals surface area contributed by atoms with E-state index in [1.165, 1.54) is 0 Å². The summed E-state index contributed by atoms with van der Waals surface area (Å²) in [6.07, 6.45) is 0.471. The van der Waals surface area contributed by atoms with Crippen LogP contribution in [0.3, 0.4) is 0 Å². The zero-order chi connectivity index (χ0) is 12.7. The fraction of sp³-hybridized carbons (Fsp3) is 0.462. The Kier molecular flexibility index (Phi) is 2.87. The van der Waals surface area contributed by atoms with E-state index >= 15 is 0 Å². The van der Waals surface area contributed by atoms with Gasteiger partial charge < -0.3 is 15.4 Å². The van der Waals surface area contributed by atoms with Crippen LogP contribution >= 0.6 is 11.3 Å². The molecule has 1 aromatic carbocycles. The van der Waals surface area contributed by atoms with Crippen LogP contribution in [0, 0.1) is 0 Å². The Bertz CT molecular complexity index is 558. The van der Waals surface area contributed by atoms with E-state index in [4.69, 9.17) is 10.5 Å². The van der Waals surface area contributed by atoms with Crippen LogP contribution in [0.4, 0.5) is 11.4 Å². The smallest absolute Gasteiger partial charge is 0.106 e. The summed E-state index contributed by atoms with van der Waals surface area (Å²) in [5.74, 6) is 0. The number of anilines is 2. The van der Waals surface area contributed by atoms with Gasteiger partial charge in [0, 0.05) is 13.1 Å². The molecule has 0 saturated carbocycles. The maximum Gasteiger partial charge on any atom is 0.106 e.